The molecule has 0 spiro atoms. The van der Waals surface area contributed by atoms with Crippen LogP contribution in [0.4, 0.5) is 0 Å². The van der Waals surface area contributed by atoms with E-state index in [9.17, 15) is 9.36 Å². The van der Waals surface area contributed by atoms with Crippen LogP contribution in [0, 0.1) is 0 Å². The van der Waals surface area contributed by atoms with Crippen LogP contribution in [0.3, 0.4) is 0 Å². The van der Waals surface area contributed by atoms with Crippen molar-refractivity contribution in [2.45, 2.75) is 45.1 Å². The number of rotatable bonds is 5. The third kappa shape index (κ3) is 2.84. The van der Waals surface area contributed by atoms with E-state index < -0.39 is 13.9 Å². The van der Waals surface area contributed by atoms with Crippen molar-refractivity contribution >= 4 is 14.2 Å². The molecule has 0 aromatic heterocycles. The molecule has 0 aliphatic carbocycles. The predicted octanol–water partition coefficient (Wildman–Crippen LogP) is 1.57. The molecule has 1 rings (SSSR count). The van der Waals surface area contributed by atoms with Gasteiger partial charge in [0.05, 0.1) is 0 Å². The molecule has 1 aliphatic heterocycles. The van der Waals surface area contributed by atoms with Gasteiger partial charge in [0.1, 0.15) is 0 Å². The van der Waals surface area contributed by atoms with Crippen molar-refractivity contribution in [1.29, 1.82) is 0 Å². The van der Waals surface area contributed by atoms with Crippen molar-refractivity contribution in [3.8, 4) is 0 Å². The zero-order valence-corrected chi connectivity index (χ0v) is 10.9. The van der Waals surface area contributed by atoms with E-state index >= 15 is 0 Å². The molecule has 1 atom stereocenters. The smallest absolute Gasteiger partial charge is 0.317 e. The maximum absolute atomic E-state index is 12.2. The highest BCUT2D eigenvalue weighted by atomic mass is 31.1. The van der Waals surface area contributed by atoms with Gasteiger partial charge in [-0.05, 0) is 25.7 Å². The van der Waals surface area contributed by atoms with Gasteiger partial charge in [0.15, 0.2) is 5.60 Å². The second kappa shape index (κ2) is 5.80. The maximum Gasteiger partial charge on any atom is 0.317 e. The zero-order chi connectivity index (χ0) is 12.2. The molecule has 1 unspecified atom stereocenters. The SMILES string of the molecule is CCC(CC)(O[PH](=O)O)C(=O)N1CCCC1. The Labute approximate surface area is 96.7 Å². The minimum atomic E-state index is -3.09. The van der Waals surface area contributed by atoms with Crippen LogP contribution in [0.5, 0.6) is 0 Å². The highest BCUT2D eigenvalue weighted by molar-refractivity contribution is 7.32. The van der Waals surface area contributed by atoms with Gasteiger partial charge in [0.2, 0.25) is 0 Å². The first-order chi connectivity index (χ1) is 7.55. The Morgan fingerprint density at radius 1 is 1.38 bits per heavy atom. The fourth-order valence-corrected chi connectivity index (χ4v) is 2.83. The molecule has 94 valence electrons. The number of hydrogen-bond acceptors (Lipinski definition) is 3. The van der Waals surface area contributed by atoms with Crippen LogP contribution < -0.4 is 0 Å². The van der Waals surface area contributed by atoms with Crippen molar-refractivity contribution < 1.29 is 18.8 Å². The van der Waals surface area contributed by atoms with E-state index in [0.29, 0.717) is 12.8 Å². The fraction of sp³-hybridized carbons (Fsp3) is 0.900. The molecule has 1 fully saturated rings. The van der Waals surface area contributed by atoms with Crippen molar-refractivity contribution in [1.82, 2.24) is 4.90 Å². The molecule has 1 saturated heterocycles. The van der Waals surface area contributed by atoms with Gasteiger partial charge in [-0.15, -0.1) is 0 Å². The Balaban J connectivity index is 2.81. The average molecular weight is 249 g/mol. The summed E-state index contributed by atoms with van der Waals surface area (Å²) in [7, 11) is -3.09. The topological polar surface area (TPSA) is 66.8 Å². The molecule has 1 N–H and O–H groups in total. The number of likely N-dealkylation sites (tertiary alicyclic amines) is 1. The Morgan fingerprint density at radius 2 is 1.88 bits per heavy atom. The first kappa shape index (κ1) is 13.7. The molecule has 1 aliphatic rings. The number of amides is 1. The number of hydrogen-bond donors (Lipinski definition) is 1. The predicted molar refractivity (Wildman–Crippen MR) is 61.4 cm³/mol. The van der Waals surface area contributed by atoms with Gasteiger partial charge >= 0.3 is 8.25 Å². The largest absolute Gasteiger partial charge is 0.340 e. The van der Waals surface area contributed by atoms with Crippen molar-refractivity contribution in [3.63, 3.8) is 0 Å². The molecule has 5 nitrogen and oxygen atoms in total. The van der Waals surface area contributed by atoms with Gasteiger partial charge in [0.25, 0.3) is 5.91 Å². The number of carbonyl (C=O) groups excluding carboxylic acids is 1. The highest BCUT2D eigenvalue weighted by Gasteiger charge is 2.41. The standard InChI is InChI=1S/C10H20NO4P/c1-3-10(4-2,15-16(13)14)9(12)11-7-5-6-8-11/h16H,3-8H2,1-2H3,(H,13,14). The quantitative estimate of drug-likeness (QED) is 0.751. The number of nitrogens with zero attached hydrogens (tertiary/aromatic N) is 1. The lowest BCUT2D eigenvalue weighted by Gasteiger charge is -2.32. The van der Waals surface area contributed by atoms with E-state index in [2.05, 4.69) is 0 Å². The summed E-state index contributed by atoms with van der Waals surface area (Å²) in [6.07, 6.45) is 2.86. The zero-order valence-electron chi connectivity index (χ0n) is 9.86. The highest BCUT2D eigenvalue weighted by Crippen LogP contribution is 2.34. The van der Waals surface area contributed by atoms with Gasteiger partial charge < -0.3 is 9.79 Å². The van der Waals surface area contributed by atoms with Crippen molar-refractivity contribution in [3.05, 3.63) is 0 Å². The Morgan fingerprint density at radius 3 is 2.25 bits per heavy atom. The van der Waals surface area contributed by atoms with Gasteiger partial charge in [0, 0.05) is 13.1 Å². The van der Waals surface area contributed by atoms with E-state index in [1.807, 2.05) is 13.8 Å². The minimum Gasteiger partial charge on any atom is -0.340 e. The molecule has 1 heterocycles. The molecule has 0 aromatic rings. The summed E-state index contributed by atoms with van der Waals surface area (Å²) >= 11 is 0. The molecule has 0 bridgehead atoms. The van der Waals surface area contributed by atoms with Crippen LogP contribution >= 0.6 is 8.25 Å². The van der Waals surface area contributed by atoms with Crippen molar-refractivity contribution in [2.24, 2.45) is 0 Å². The summed E-state index contributed by atoms with van der Waals surface area (Å²) in [6.45, 7) is 5.08. The first-order valence-electron chi connectivity index (χ1n) is 5.77. The Hall–Kier alpha value is -0.380. The molecule has 0 radical (unpaired) electrons. The summed E-state index contributed by atoms with van der Waals surface area (Å²) < 4.78 is 15.9. The molecule has 1 amide bonds. The third-order valence-corrected chi connectivity index (χ3v) is 3.77. The second-order valence-corrected chi connectivity index (χ2v) is 4.80. The van der Waals surface area contributed by atoms with Crippen molar-refractivity contribution in [2.75, 3.05) is 13.1 Å². The lowest BCUT2D eigenvalue weighted by atomic mass is 9.96. The van der Waals surface area contributed by atoms with E-state index in [0.717, 1.165) is 25.9 Å². The molecular weight excluding hydrogens is 229 g/mol. The number of carbonyl (C=O) groups is 1. The fourth-order valence-electron chi connectivity index (χ4n) is 2.12. The lowest BCUT2D eigenvalue weighted by molar-refractivity contribution is -0.148. The molecule has 0 saturated carbocycles. The molecule has 6 heteroatoms. The van der Waals surface area contributed by atoms with Gasteiger partial charge in [-0.25, -0.2) is 0 Å². The summed E-state index contributed by atoms with van der Waals surface area (Å²) in [5.41, 5.74) is -1.10. The average Bonchev–Trinajstić information content (AvgIpc) is 2.78. The van der Waals surface area contributed by atoms with Crippen LogP contribution in [-0.4, -0.2) is 34.4 Å². The second-order valence-electron chi connectivity index (χ2n) is 4.07. The van der Waals surface area contributed by atoms with E-state index in [1.54, 1.807) is 4.90 Å². The van der Waals surface area contributed by atoms with E-state index in [4.69, 9.17) is 9.42 Å². The summed E-state index contributed by atoms with van der Waals surface area (Å²) in [4.78, 5) is 22.9. The Bertz CT molecular complexity index is 272. The normalized spacial score (nSPS) is 18.8. The van der Waals surface area contributed by atoms with Gasteiger partial charge in [-0.1, -0.05) is 13.8 Å². The summed E-state index contributed by atoms with van der Waals surface area (Å²) in [6, 6.07) is 0. The maximum atomic E-state index is 12.2. The van der Waals surface area contributed by atoms with Gasteiger partial charge in [-0.2, -0.15) is 0 Å². The van der Waals surface area contributed by atoms with Crippen LogP contribution in [0.25, 0.3) is 0 Å². The van der Waals surface area contributed by atoms with Crippen LogP contribution in [-0.2, 0) is 13.9 Å². The third-order valence-electron chi connectivity index (χ3n) is 3.21. The van der Waals surface area contributed by atoms with Crippen LogP contribution in [0.15, 0.2) is 0 Å². The van der Waals surface area contributed by atoms with E-state index in [1.165, 1.54) is 0 Å². The molecule has 0 aromatic carbocycles. The van der Waals surface area contributed by atoms with Crippen LogP contribution in [0.2, 0.25) is 0 Å². The monoisotopic (exact) mass is 249 g/mol. The molecular formula is C10H20NO4P. The molecule has 16 heavy (non-hydrogen) atoms. The summed E-state index contributed by atoms with van der Waals surface area (Å²) in [5, 5.41) is 0. The van der Waals surface area contributed by atoms with Gasteiger partial charge in [-0.3, -0.25) is 13.9 Å². The summed E-state index contributed by atoms with van der Waals surface area (Å²) in [5.74, 6) is -0.137. The Kier molecular flexibility index (Phi) is 4.96. The lowest BCUT2D eigenvalue weighted by Crippen LogP contribution is -2.48. The first-order valence-corrected chi connectivity index (χ1v) is 7.03. The van der Waals surface area contributed by atoms with E-state index in [-0.39, 0.29) is 5.91 Å². The van der Waals surface area contributed by atoms with Crippen LogP contribution in [0.1, 0.15) is 39.5 Å². The minimum absolute atomic E-state index is 0.137.